The van der Waals surface area contributed by atoms with Crippen LogP contribution >= 0.6 is 15.9 Å². The van der Waals surface area contributed by atoms with Crippen LogP contribution in [-0.2, 0) is 0 Å². The predicted molar refractivity (Wildman–Crippen MR) is 73.8 cm³/mol. The molecule has 0 aliphatic heterocycles. The summed E-state index contributed by atoms with van der Waals surface area (Å²) in [6.45, 7) is 3.27. The molecule has 1 rings (SSSR count). The van der Waals surface area contributed by atoms with Gasteiger partial charge in [-0.3, -0.25) is 0 Å². The Bertz CT molecular complexity index is 313. The zero-order chi connectivity index (χ0) is 12.0. The number of benzene rings is 1. The number of methoxy groups -OCH3 is 1. The van der Waals surface area contributed by atoms with E-state index in [-0.39, 0.29) is 0 Å². The highest BCUT2D eigenvalue weighted by molar-refractivity contribution is 9.09. The van der Waals surface area contributed by atoms with Gasteiger partial charge in [0, 0.05) is 18.9 Å². The topological polar surface area (TPSA) is 12.5 Å². The first-order chi connectivity index (χ1) is 7.72. The second-order valence-corrected chi connectivity index (χ2v) is 4.63. The Labute approximate surface area is 107 Å². The maximum atomic E-state index is 5.36. The third-order valence-electron chi connectivity index (χ3n) is 2.82. The number of para-hydroxylation sites is 2. The lowest BCUT2D eigenvalue weighted by molar-refractivity contribution is 0.414. The standard InChI is InChI=1S/C13H20BrNO/c1-4-11(9-14)10-15(2)12-7-5-6-8-13(12)16-3/h5-8,11H,4,9-10H2,1-3H3. The van der Waals surface area contributed by atoms with Crippen LogP contribution in [-0.4, -0.2) is 26.0 Å². The molecule has 0 heterocycles. The van der Waals surface area contributed by atoms with Crippen LogP contribution in [0.15, 0.2) is 24.3 Å². The van der Waals surface area contributed by atoms with Crippen molar-refractivity contribution in [3.05, 3.63) is 24.3 Å². The Morgan fingerprint density at radius 3 is 2.62 bits per heavy atom. The molecule has 0 amide bonds. The fraction of sp³-hybridized carbons (Fsp3) is 0.538. The minimum absolute atomic E-state index is 0.676. The van der Waals surface area contributed by atoms with E-state index in [0.29, 0.717) is 5.92 Å². The maximum Gasteiger partial charge on any atom is 0.142 e. The van der Waals surface area contributed by atoms with Gasteiger partial charge in [0.1, 0.15) is 5.75 Å². The zero-order valence-electron chi connectivity index (χ0n) is 10.2. The molecule has 0 saturated carbocycles. The molecule has 0 aromatic heterocycles. The molecule has 1 aromatic carbocycles. The van der Waals surface area contributed by atoms with E-state index in [9.17, 15) is 0 Å². The molecule has 2 nitrogen and oxygen atoms in total. The molecular weight excluding hydrogens is 266 g/mol. The highest BCUT2D eigenvalue weighted by atomic mass is 79.9. The number of hydrogen-bond donors (Lipinski definition) is 0. The van der Waals surface area contributed by atoms with Gasteiger partial charge in [0.15, 0.2) is 0 Å². The third kappa shape index (κ3) is 3.41. The zero-order valence-corrected chi connectivity index (χ0v) is 11.8. The lowest BCUT2D eigenvalue weighted by Crippen LogP contribution is -2.26. The molecule has 0 spiro atoms. The SMILES string of the molecule is CCC(CBr)CN(C)c1ccccc1OC. The van der Waals surface area contributed by atoms with Gasteiger partial charge < -0.3 is 9.64 Å². The molecule has 0 aliphatic carbocycles. The normalized spacial score (nSPS) is 12.2. The Kier molecular flexibility index (Phi) is 5.67. The number of nitrogens with zero attached hydrogens (tertiary/aromatic N) is 1. The van der Waals surface area contributed by atoms with E-state index < -0.39 is 0 Å². The molecule has 0 N–H and O–H groups in total. The van der Waals surface area contributed by atoms with Crippen molar-refractivity contribution in [2.75, 3.05) is 30.9 Å². The van der Waals surface area contributed by atoms with Crippen LogP contribution in [0, 0.1) is 5.92 Å². The van der Waals surface area contributed by atoms with E-state index >= 15 is 0 Å². The van der Waals surface area contributed by atoms with Crippen LogP contribution in [0.25, 0.3) is 0 Å². The van der Waals surface area contributed by atoms with Gasteiger partial charge >= 0.3 is 0 Å². The van der Waals surface area contributed by atoms with E-state index in [1.807, 2.05) is 18.2 Å². The van der Waals surface area contributed by atoms with Gasteiger partial charge in [-0.15, -0.1) is 0 Å². The van der Waals surface area contributed by atoms with Crippen LogP contribution in [0.2, 0.25) is 0 Å². The summed E-state index contributed by atoms with van der Waals surface area (Å²) in [4.78, 5) is 2.26. The van der Waals surface area contributed by atoms with Crippen LogP contribution in [0.4, 0.5) is 5.69 Å². The van der Waals surface area contributed by atoms with E-state index in [1.165, 1.54) is 6.42 Å². The number of alkyl halides is 1. The number of halogens is 1. The molecule has 0 bridgehead atoms. The molecule has 1 atom stereocenters. The average molecular weight is 286 g/mol. The smallest absolute Gasteiger partial charge is 0.142 e. The van der Waals surface area contributed by atoms with Crippen molar-refractivity contribution in [3.8, 4) is 5.75 Å². The summed E-state index contributed by atoms with van der Waals surface area (Å²) in [5.74, 6) is 1.62. The van der Waals surface area contributed by atoms with Crippen LogP contribution in [0.5, 0.6) is 5.75 Å². The second-order valence-electron chi connectivity index (χ2n) is 3.98. The largest absolute Gasteiger partial charge is 0.495 e. The summed E-state index contributed by atoms with van der Waals surface area (Å²) in [6.07, 6.45) is 1.19. The van der Waals surface area contributed by atoms with Gasteiger partial charge in [0.25, 0.3) is 0 Å². The molecule has 0 radical (unpaired) electrons. The average Bonchev–Trinajstić information content (AvgIpc) is 2.35. The molecule has 90 valence electrons. The fourth-order valence-corrected chi connectivity index (χ4v) is 2.38. The van der Waals surface area contributed by atoms with Gasteiger partial charge in [-0.1, -0.05) is 41.4 Å². The van der Waals surface area contributed by atoms with Gasteiger partial charge in [-0.2, -0.15) is 0 Å². The summed E-state index contributed by atoms with van der Waals surface area (Å²) in [5.41, 5.74) is 1.16. The molecule has 1 aromatic rings. The van der Waals surface area contributed by atoms with Crippen molar-refractivity contribution >= 4 is 21.6 Å². The van der Waals surface area contributed by atoms with Crippen molar-refractivity contribution in [1.29, 1.82) is 0 Å². The maximum absolute atomic E-state index is 5.36. The minimum atomic E-state index is 0.676. The Balaban J connectivity index is 2.75. The number of ether oxygens (including phenoxy) is 1. The van der Waals surface area contributed by atoms with Gasteiger partial charge in [-0.05, 0) is 18.1 Å². The second kappa shape index (κ2) is 6.79. The predicted octanol–water partition coefficient (Wildman–Crippen LogP) is 3.55. The van der Waals surface area contributed by atoms with Gasteiger partial charge in [-0.25, -0.2) is 0 Å². The Morgan fingerprint density at radius 2 is 2.06 bits per heavy atom. The van der Waals surface area contributed by atoms with Crippen molar-refractivity contribution in [2.45, 2.75) is 13.3 Å². The number of rotatable bonds is 6. The summed E-state index contributed by atoms with van der Waals surface area (Å²) >= 11 is 3.55. The lowest BCUT2D eigenvalue weighted by atomic mass is 10.1. The first-order valence-corrected chi connectivity index (χ1v) is 6.75. The van der Waals surface area contributed by atoms with Crippen molar-refractivity contribution in [2.24, 2.45) is 5.92 Å². The Hall–Kier alpha value is -0.700. The molecule has 16 heavy (non-hydrogen) atoms. The van der Waals surface area contributed by atoms with Gasteiger partial charge in [0.05, 0.1) is 12.8 Å². The van der Waals surface area contributed by atoms with Crippen LogP contribution in [0.1, 0.15) is 13.3 Å². The molecule has 3 heteroatoms. The number of anilines is 1. The van der Waals surface area contributed by atoms with Crippen molar-refractivity contribution in [3.63, 3.8) is 0 Å². The van der Waals surface area contributed by atoms with Gasteiger partial charge in [0.2, 0.25) is 0 Å². The first-order valence-electron chi connectivity index (χ1n) is 5.63. The fourth-order valence-electron chi connectivity index (χ4n) is 1.72. The first kappa shape index (κ1) is 13.4. The molecule has 1 unspecified atom stereocenters. The summed E-state index contributed by atoms with van der Waals surface area (Å²) in [7, 11) is 3.83. The summed E-state index contributed by atoms with van der Waals surface area (Å²) in [6, 6.07) is 8.14. The molecular formula is C13H20BrNO. The monoisotopic (exact) mass is 285 g/mol. The van der Waals surface area contributed by atoms with E-state index in [0.717, 1.165) is 23.3 Å². The quantitative estimate of drug-likeness (QED) is 0.741. The third-order valence-corrected chi connectivity index (χ3v) is 3.74. The van der Waals surface area contributed by atoms with Crippen molar-refractivity contribution in [1.82, 2.24) is 0 Å². The molecule has 0 aliphatic rings. The summed E-state index contributed by atoms with van der Waals surface area (Å²) < 4.78 is 5.36. The van der Waals surface area contributed by atoms with E-state index in [1.54, 1.807) is 7.11 Å². The highest BCUT2D eigenvalue weighted by Crippen LogP contribution is 2.27. The summed E-state index contributed by atoms with van der Waals surface area (Å²) in [5, 5.41) is 1.04. The van der Waals surface area contributed by atoms with Crippen LogP contribution < -0.4 is 9.64 Å². The Morgan fingerprint density at radius 1 is 1.38 bits per heavy atom. The minimum Gasteiger partial charge on any atom is -0.495 e. The lowest BCUT2D eigenvalue weighted by Gasteiger charge is -2.25. The highest BCUT2D eigenvalue weighted by Gasteiger charge is 2.11. The van der Waals surface area contributed by atoms with E-state index in [2.05, 4.69) is 40.9 Å². The number of hydrogen-bond acceptors (Lipinski definition) is 2. The van der Waals surface area contributed by atoms with Crippen molar-refractivity contribution < 1.29 is 4.74 Å². The molecule has 0 fully saturated rings. The molecule has 0 saturated heterocycles. The van der Waals surface area contributed by atoms with Crippen LogP contribution in [0.3, 0.4) is 0 Å². The van der Waals surface area contributed by atoms with E-state index in [4.69, 9.17) is 4.74 Å².